The fourth-order valence-electron chi connectivity index (χ4n) is 4.29. The van der Waals surface area contributed by atoms with Gasteiger partial charge in [-0.25, -0.2) is 4.79 Å². The van der Waals surface area contributed by atoms with E-state index in [9.17, 15) is 9.59 Å². The second kappa shape index (κ2) is 9.22. The van der Waals surface area contributed by atoms with Crippen LogP contribution in [0.3, 0.4) is 0 Å². The Bertz CT molecular complexity index is 698. The number of likely N-dealkylation sites (tertiary alicyclic amines) is 1. The van der Waals surface area contributed by atoms with Gasteiger partial charge in [-0.05, 0) is 57.0 Å². The molecule has 1 spiro atoms. The molecule has 2 fully saturated rings. The van der Waals surface area contributed by atoms with Crippen LogP contribution in [0, 0.1) is 5.92 Å². The van der Waals surface area contributed by atoms with E-state index in [4.69, 9.17) is 0 Å². The van der Waals surface area contributed by atoms with Crippen LogP contribution in [0.15, 0.2) is 24.5 Å². The van der Waals surface area contributed by atoms with Crippen LogP contribution in [0.4, 0.5) is 4.79 Å². The largest absolute Gasteiger partial charge is 0.327 e. The second-order valence-electron chi connectivity index (χ2n) is 9.04. The summed E-state index contributed by atoms with van der Waals surface area (Å²) in [6, 6.07) is 3.97. The monoisotopic (exact) mass is 401 g/mol. The zero-order valence-electron chi connectivity index (χ0n) is 18.3. The fourth-order valence-corrected chi connectivity index (χ4v) is 4.29. The minimum atomic E-state index is -0.660. The molecule has 160 valence electrons. The number of hydrogen-bond donors (Lipinski definition) is 0. The number of carbonyl (C=O) groups is 2. The number of piperidine rings is 1. The minimum absolute atomic E-state index is 0.0108. The van der Waals surface area contributed by atoms with Crippen molar-refractivity contribution in [3.63, 3.8) is 0 Å². The molecule has 3 amide bonds. The summed E-state index contributed by atoms with van der Waals surface area (Å²) in [5.74, 6) is 0.509. The number of amides is 3. The molecule has 1 aromatic heterocycles. The van der Waals surface area contributed by atoms with Crippen molar-refractivity contribution < 1.29 is 9.59 Å². The van der Waals surface area contributed by atoms with Gasteiger partial charge in [0, 0.05) is 51.7 Å². The van der Waals surface area contributed by atoms with E-state index >= 15 is 0 Å². The van der Waals surface area contributed by atoms with Gasteiger partial charge >= 0.3 is 6.03 Å². The number of carbonyl (C=O) groups excluding carboxylic acids is 2. The zero-order valence-corrected chi connectivity index (χ0v) is 18.3. The smallest absolute Gasteiger partial charge is 0.309 e. The van der Waals surface area contributed by atoms with Crippen LogP contribution in [0.5, 0.6) is 0 Å². The lowest BCUT2D eigenvalue weighted by molar-refractivity contribution is -0.135. The van der Waals surface area contributed by atoms with E-state index in [-0.39, 0.29) is 11.9 Å². The van der Waals surface area contributed by atoms with Crippen molar-refractivity contribution in [1.82, 2.24) is 24.6 Å². The van der Waals surface area contributed by atoms with Gasteiger partial charge in [-0.2, -0.15) is 0 Å². The third-order valence-electron chi connectivity index (χ3n) is 6.16. The van der Waals surface area contributed by atoms with Gasteiger partial charge in [-0.3, -0.25) is 19.6 Å². The highest BCUT2D eigenvalue weighted by Gasteiger charge is 2.57. The summed E-state index contributed by atoms with van der Waals surface area (Å²) in [5, 5.41) is 0. The molecule has 0 atom stereocenters. The average Bonchev–Trinajstić information content (AvgIpc) is 2.87. The van der Waals surface area contributed by atoms with Gasteiger partial charge in [0.05, 0.1) is 0 Å². The normalized spacial score (nSPS) is 19.9. The molecule has 0 aromatic carbocycles. The van der Waals surface area contributed by atoms with E-state index < -0.39 is 5.54 Å². The number of rotatable bonds is 8. The lowest BCUT2D eigenvalue weighted by Crippen LogP contribution is -2.56. The number of hydrogen-bond acceptors (Lipinski definition) is 5. The molecular formula is C22H35N5O2. The zero-order chi connectivity index (χ0) is 21.0. The first-order valence-electron chi connectivity index (χ1n) is 10.7. The predicted octanol–water partition coefficient (Wildman–Crippen LogP) is 2.29. The minimum Gasteiger partial charge on any atom is -0.309 e. The average molecular weight is 402 g/mol. The van der Waals surface area contributed by atoms with Crippen molar-refractivity contribution in [1.29, 1.82) is 0 Å². The number of nitrogens with zero attached hydrogens (tertiary/aromatic N) is 5. The van der Waals surface area contributed by atoms with Gasteiger partial charge in [0.1, 0.15) is 5.54 Å². The summed E-state index contributed by atoms with van der Waals surface area (Å²) in [6.45, 7) is 8.64. The van der Waals surface area contributed by atoms with Gasteiger partial charge in [0.2, 0.25) is 0 Å². The first-order chi connectivity index (χ1) is 13.8. The predicted molar refractivity (Wildman–Crippen MR) is 113 cm³/mol. The van der Waals surface area contributed by atoms with Crippen LogP contribution in [-0.4, -0.2) is 88.9 Å². The van der Waals surface area contributed by atoms with Crippen LogP contribution in [0.25, 0.3) is 0 Å². The Labute approximate surface area is 174 Å². The van der Waals surface area contributed by atoms with Crippen molar-refractivity contribution in [2.45, 2.75) is 45.2 Å². The lowest BCUT2D eigenvalue weighted by atomic mass is 9.85. The molecule has 29 heavy (non-hydrogen) atoms. The maximum absolute atomic E-state index is 13.4. The number of aromatic nitrogens is 1. The number of pyridine rings is 1. The van der Waals surface area contributed by atoms with Gasteiger partial charge in [0.25, 0.3) is 5.91 Å². The quantitative estimate of drug-likeness (QED) is 0.626. The van der Waals surface area contributed by atoms with E-state index in [0.717, 1.165) is 26.1 Å². The van der Waals surface area contributed by atoms with Crippen LogP contribution >= 0.6 is 0 Å². The standard InChI is InChI=1S/C22H35N5O2/c1-18(2)7-12-27-21(29)26(16-15-24(3)4)20(28)22(27)8-13-25(14-9-22)17-19-5-10-23-11-6-19/h5-6,10-11,18H,7-9,12-17H2,1-4H3. The molecule has 0 N–H and O–H groups in total. The van der Waals surface area contributed by atoms with Gasteiger partial charge in [-0.1, -0.05) is 13.8 Å². The van der Waals surface area contributed by atoms with E-state index in [1.54, 1.807) is 0 Å². The third-order valence-corrected chi connectivity index (χ3v) is 6.16. The number of urea groups is 1. The fraction of sp³-hybridized carbons (Fsp3) is 0.682. The maximum Gasteiger partial charge on any atom is 0.327 e. The van der Waals surface area contributed by atoms with Crippen LogP contribution < -0.4 is 0 Å². The Hall–Kier alpha value is -1.99. The molecule has 2 saturated heterocycles. The Kier molecular flexibility index (Phi) is 6.90. The Morgan fingerprint density at radius 3 is 2.34 bits per heavy atom. The summed E-state index contributed by atoms with van der Waals surface area (Å²) >= 11 is 0. The molecule has 0 radical (unpaired) electrons. The molecule has 0 bridgehead atoms. The van der Waals surface area contributed by atoms with Crippen molar-refractivity contribution in [2.24, 2.45) is 5.92 Å². The topological polar surface area (TPSA) is 60.0 Å². The van der Waals surface area contributed by atoms with Crippen molar-refractivity contribution >= 4 is 11.9 Å². The number of likely N-dealkylation sites (N-methyl/N-ethyl adjacent to an activating group) is 1. The summed E-state index contributed by atoms with van der Waals surface area (Å²) in [5.41, 5.74) is 0.571. The molecular weight excluding hydrogens is 366 g/mol. The molecule has 7 nitrogen and oxygen atoms in total. The maximum atomic E-state index is 13.4. The van der Waals surface area contributed by atoms with E-state index in [1.807, 2.05) is 48.4 Å². The van der Waals surface area contributed by atoms with Crippen LogP contribution in [0.2, 0.25) is 0 Å². The Balaban J connectivity index is 1.73. The molecule has 3 rings (SSSR count). The molecule has 0 aliphatic carbocycles. The molecule has 1 aromatic rings. The van der Waals surface area contributed by atoms with Crippen LogP contribution in [0.1, 0.15) is 38.7 Å². The summed E-state index contributed by atoms with van der Waals surface area (Å²) < 4.78 is 0. The summed E-state index contributed by atoms with van der Waals surface area (Å²) in [4.78, 5) is 38.5. The highest BCUT2D eigenvalue weighted by atomic mass is 16.2. The molecule has 0 unspecified atom stereocenters. The highest BCUT2D eigenvalue weighted by molar-refractivity contribution is 6.07. The first-order valence-corrected chi connectivity index (χ1v) is 10.7. The Morgan fingerprint density at radius 1 is 1.10 bits per heavy atom. The third kappa shape index (κ3) is 4.78. The van der Waals surface area contributed by atoms with E-state index in [2.05, 4.69) is 23.7 Å². The van der Waals surface area contributed by atoms with Gasteiger partial charge < -0.3 is 9.80 Å². The van der Waals surface area contributed by atoms with Crippen molar-refractivity contribution in [3.8, 4) is 0 Å². The van der Waals surface area contributed by atoms with Gasteiger partial charge in [-0.15, -0.1) is 0 Å². The lowest BCUT2D eigenvalue weighted by Gasteiger charge is -2.42. The van der Waals surface area contributed by atoms with E-state index in [0.29, 0.717) is 38.4 Å². The van der Waals surface area contributed by atoms with E-state index in [1.165, 1.54) is 10.5 Å². The molecule has 2 aliphatic rings. The SMILES string of the molecule is CC(C)CCN1C(=O)N(CCN(C)C)C(=O)C12CCN(Cc1ccncc1)CC2. The molecule has 2 aliphatic heterocycles. The van der Waals surface area contributed by atoms with Crippen molar-refractivity contribution in [2.75, 3.05) is 46.8 Å². The summed E-state index contributed by atoms with van der Waals surface area (Å²) in [6.07, 6.45) is 5.97. The summed E-state index contributed by atoms with van der Waals surface area (Å²) in [7, 11) is 3.93. The molecule has 3 heterocycles. The molecule has 7 heteroatoms. The molecule has 0 saturated carbocycles. The van der Waals surface area contributed by atoms with Crippen molar-refractivity contribution in [3.05, 3.63) is 30.1 Å². The number of imide groups is 1. The Morgan fingerprint density at radius 2 is 1.76 bits per heavy atom. The first kappa shape index (κ1) is 21.7. The van der Waals surface area contributed by atoms with Crippen LogP contribution in [-0.2, 0) is 11.3 Å². The second-order valence-corrected chi connectivity index (χ2v) is 9.04. The highest BCUT2D eigenvalue weighted by Crippen LogP contribution is 2.38. The van der Waals surface area contributed by atoms with Gasteiger partial charge in [0.15, 0.2) is 0 Å².